The number of rotatable bonds is 3. The summed E-state index contributed by atoms with van der Waals surface area (Å²) in [7, 11) is 0. The monoisotopic (exact) mass is 266 g/mol. The van der Waals surface area contributed by atoms with E-state index in [1.807, 2.05) is 12.1 Å². The van der Waals surface area contributed by atoms with Crippen LogP contribution in [0, 0.1) is 5.82 Å². The molecule has 4 nitrogen and oxygen atoms in total. The lowest BCUT2D eigenvalue weighted by molar-refractivity contribution is 0.628. The van der Waals surface area contributed by atoms with Crippen molar-refractivity contribution < 1.29 is 4.39 Å². The van der Waals surface area contributed by atoms with Crippen molar-refractivity contribution in [2.24, 2.45) is 0 Å². The molecule has 20 heavy (non-hydrogen) atoms. The maximum Gasteiger partial charge on any atom is 0.150 e. The van der Waals surface area contributed by atoms with Crippen LogP contribution in [0.2, 0.25) is 0 Å². The molecule has 0 unspecified atom stereocenters. The van der Waals surface area contributed by atoms with Gasteiger partial charge < -0.3 is 5.32 Å². The van der Waals surface area contributed by atoms with Crippen LogP contribution in [0.15, 0.2) is 61.2 Å². The fraction of sp³-hybridized carbons (Fsp3) is 0. The first kappa shape index (κ1) is 12.2. The molecule has 0 saturated heterocycles. The van der Waals surface area contributed by atoms with Crippen molar-refractivity contribution in [2.45, 2.75) is 0 Å². The van der Waals surface area contributed by atoms with Gasteiger partial charge in [-0.2, -0.15) is 0 Å². The fourth-order valence-corrected chi connectivity index (χ4v) is 1.82. The summed E-state index contributed by atoms with van der Waals surface area (Å²) >= 11 is 0. The second-order valence-corrected chi connectivity index (χ2v) is 4.15. The van der Waals surface area contributed by atoms with E-state index in [2.05, 4.69) is 20.3 Å². The third-order valence-electron chi connectivity index (χ3n) is 2.76. The Morgan fingerprint density at radius 3 is 2.35 bits per heavy atom. The smallest absolute Gasteiger partial charge is 0.150 e. The van der Waals surface area contributed by atoms with Gasteiger partial charge in [0.1, 0.15) is 17.5 Å². The van der Waals surface area contributed by atoms with E-state index in [4.69, 9.17) is 0 Å². The molecule has 0 spiro atoms. The number of hydrogen-bond acceptors (Lipinski definition) is 4. The topological polar surface area (TPSA) is 50.7 Å². The largest absolute Gasteiger partial charge is 0.324 e. The van der Waals surface area contributed by atoms with E-state index >= 15 is 0 Å². The van der Waals surface area contributed by atoms with Crippen LogP contribution in [-0.4, -0.2) is 15.0 Å². The second kappa shape index (κ2) is 5.44. The van der Waals surface area contributed by atoms with Crippen molar-refractivity contribution >= 4 is 11.6 Å². The SMILES string of the molecule is Fc1ccc(-c2ccnc(Nc3cnccn3)c2)cc1. The molecular formula is C15H11FN4. The normalized spacial score (nSPS) is 10.2. The van der Waals surface area contributed by atoms with Crippen LogP contribution in [0.1, 0.15) is 0 Å². The van der Waals surface area contributed by atoms with Crippen molar-refractivity contribution in [1.29, 1.82) is 0 Å². The summed E-state index contributed by atoms with van der Waals surface area (Å²) in [6.07, 6.45) is 6.52. The molecule has 98 valence electrons. The summed E-state index contributed by atoms with van der Waals surface area (Å²) in [4.78, 5) is 12.3. The number of aromatic nitrogens is 3. The van der Waals surface area contributed by atoms with Gasteiger partial charge in [-0.25, -0.2) is 14.4 Å². The van der Waals surface area contributed by atoms with Crippen LogP contribution in [0.25, 0.3) is 11.1 Å². The highest BCUT2D eigenvalue weighted by atomic mass is 19.1. The molecule has 2 aromatic heterocycles. The molecule has 0 atom stereocenters. The van der Waals surface area contributed by atoms with E-state index in [0.29, 0.717) is 11.6 Å². The highest BCUT2D eigenvalue weighted by Gasteiger charge is 2.02. The zero-order valence-electron chi connectivity index (χ0n) is 10.5. The Kier molecular flexibility index (Phi) is 3.33. The van der Waals surface area contributed by atoms with Crippen molar-refractivity contribution in [1.82, 2.24) is 15.0 Å². The number of nitrogens with zero attached hydrogens (tertiary/aromatic N) is 3. The summed E-state index contributed by atoms with van der Waals surface area (Å²) < 4.78 is 12.9. The highest BCUT2D eigenvalue weighted by Crippen LogP contribution is 2.22. The lowest BCUT2D eigenvalue weighted by atomic mass is 10.1. The average Bonchev–Trinajstić information content (AvgIpc) is 2.49. The number of nitrogens with one attached hydrogen (secondary N) is 1. The molecule has 2 heterocycles. The maximum absolute atomic E-state index is 12.9. The molecule has 0 aliphatic heterocycles. The van der Waals surface area contributed by atoms with Crippen molar-refractivity contribution in [3.05, 3.63) is 67.0 Å². The molecular weight excluding hydrogens is 255 g/mol. The van der Waals surface area contributed by atoms with Crippen LogP contribution in [-0.2, 0) is 0 Å². The zero-order chi connectivity index (χ0) is 13.8. The summed E-state index contributed by atoms with van der Waals surface area (Å²) in [6.45, 7) is 0. The minimum Gasteiger partial charge on any atom is -0.324 e. The van der Waals surface area contributed by atoms with Gasteiger partial charge in [0.2, 0.25) is 0 Å². The summed E-state index contributed by atoms with van der Waals surface area (Å²) in [5.74, 6) is 1.03. The Hall–Kier alpha value is -2.82. The van der Waals surface area contributed by atoms with E-state index in [-0.39, 0.29) is 5.82 Å². The Morgan fingerprint density at radius 1 is 0.800 bits per heavy atom. The van der Waals surface area contributed by atoms with E-state index < -0.39 is 0 Å². The molecule has 0 aliphatic rings. The molecule has 3 aromatic rings. The number of pyridine rings is 1. The summed E-state index contributed by atoms with van der Waals surface area (Å²) in [5.41, 5.74) is 1.88. The van der Waals surface area contributed by atoms with Gasteiger partial charge in [0, 0.05) is 18.6 Å². The van der Waals surface area contributed by atoms with E-state index in [9.17, 15) is 4.39 Å². The molecule has 1 aromatic carbocycles. The Bertz CT molecular complexity index is 699. The molecule has 3 rings (SSSR count). The molecule has 0 amide bonds. The van der Waals surface area contributed by atoms with Gasteiger partial charge in [-0.1, -0.05) is 12.1 Å². The van der Waals surface area contributed by atoms with E-state index in [0.717, 1.165) is 11.1 Å². The maximum atomic E-state index is 12.9. The molecule has 0 saturated carbocycles. The molecule has 5 heteroatoms. The first-order valence-electron chi connectivity index (χ1n) is 6.06. The standard InChI is InChI=1S/C15H11FN4/c16-13-3-1-11(2-4-13)12-5-6-18-14(9-12)20-15-10-17-7-8-19-15/h1-10H,(H,18,19,20). The van der Waals surface area contributed by atoms with Gasteiger partial charge in [-0.15, -0.1) is 0 Å². The number of hydrogen-bond donors (Lipinski definition) is 1. The molecule has 0 aliphatic carbocycles. The first-order valence-corrected chi connectivity index (χ1v) is 6.06. The van der Waals surface area contributed by atoms with E-state index in [1.165, 1.54) is 12.1 Å². The lowest BCUT2D eigenvalue weighted by Gasteiger charge is -2.06. The highest BCUT2D eigenvalue weighted by molar-refractivity contribution is 5.67. The molecule has 0 radical (unpaired) electrons. The number of halogens is 1. The fourth-order valence-electron chi connectivity index (χ4n) is 1.82. The van der Waals surface area contributed by atoms with Gasteiger partial charge in [0.15, 0.2) is 0 Å². The van der Waals surface area contributed by atoms with Crippen LogP contribution in [0.5, 0.6) is 0 Å². The van der Waals surface area contributed by atoms with Crippen molar-refractivity contribution in [3.8, 4) is 11.1 Å². The Labute approximate surface area is 115 Å². The van der Waals surface area contributed by atoms with E-state index in [1.54, 1.807) is 36.9 Å². The van der Waals surface area contributed by atoms with Crippen molar-refractivity contribution in [3.63, 3.8) is 0 Å². The van der Waals surface area contributed by atoms with Crippen LogP contribution < -0.4 is 5.32 Å². The Morgan fingerprint density at radius 2 is 1.60 bits per heavy atom. The minimum absolute atomic E-state index is 0.249. The zero-order valence-corrected chi connectivity index (χ0v) is 10.5. The predicted molar refractivity (Wildman–Crippen MR) is 74.9 cm³/mol. The summed E-state index contributed by atoms with van der Waals surface area (Å²) in [5, 5.41) is 3.07. The van der Waals surface area contributed by atoms with Gasteiger partial charge in [0.05, 0.1) is 6.20 Å². The number of benzene rings is 1. The van der Waals surface area contributed by atoms with Gasteiger partial charge in [-0.05, 0) is 35.4 Å². The quantitative estimate of drug-likeness (QED) is 0.789. The third kappa shape index (κ3) is 2.77. The van der Waals surface area contributed by atoms with Crippen LogP contribution >= 0.6 is 0 Å². The summed E-state index contributed by atoms with van der Waals surface area (Å²) in [6, 6.07) is 10.1. The third-order valence-corrected chi connectivity index (χ3v) is 2.76. The van der Waals surface area contributed by atoms with Crippen LogP contribution in [0.3, 0.4) is 0 Å². The average molecular weight is 266 g/mol. The van der Waals surface area contributed by atoms with Gasteiger partial charge in [-0.3, -0.25) is 4.98 Å². The van der Waals surface area contributed by atoms with Gasteiger partial charge >= 0.3 is 0 Å². The Balaban J connectivity index is 1.88. The second-order valence-electron chi connectivity index (χ2n) is 4.15. The molecule has 0 bridgehead atoms. The van der Waals surface area contributed by atoms with Crippen molar-refractivity contribution in [2.75, 3.05) is 5.32 Å². The first-order chi connectivity index (χ1) is 9.81. The number of anilines is 2. The predicted octanol–water partition coefficient (Wildman–Crippen LogP) is 3.42. The minimum atomic E-state index is -0.249. The lowest BCUT2D eigenvalue weighted by Crippen LogP contribution is -1.96. The molecule has 1 N–H and O–H groups in total. The van der Waals surface area contributed by atoms with Crippen LogP contribution in [0.4, 0.5) is 16.0 Å². The van der Waals surface area contributed by atoms with Gasteiger partial charge in [0.25, 0.3) is 0 Å². The molecule has 0 fully saturated rings.